The van der Waals surface area contributed by atoms with Gasteiger partial charge in [-0.15, -0.1) is 0 Å². The van der Waals surface area contributed by atoms with Crippen molar-refractivity contribution in [3.63, 3.8) is 0 Å². The maximum absolute atomic E-state index is 10.9. The highest BCUT2D eigenvalue weighted by molar-refractivity contribution is 5.88. The summed E-state index contributed by atoms with van der Waals surface area (Å²) in [6, 6.07) is 16.3. The molecule has 0 atom stereocenters. The Balaban J connectivity index is 1.80. The Labute approximate surface area is 145 Å². The molecule has 6 heteroatoms. The monoisotopic (exact) mass is 334 g/mol. The van der Waals surface area contributed by atoms with Crippen molar-refractivity contribution in [1.29, 1.82) is 0 Å². The van der Waals surface area contributed by atoms with E-state index in [1.807, 2.05) is 44.2 Å². The zero-order valence-electron chi connectivity index (χ0n) is 13.9. The lowest BCUT2D eigenvalue weighted by molar-refractivity contribution is 0.0697. The van der Waals surface area contributed by atoms with Crippen molar-refractivity contribution in [1.82, 2.24) is 9.97 Å². The minimum atomic E-state index is -0.950. The average molecular weight is 334 g/mol. The summed E-state index contributed by atoms with van der Waals surface area (Å²) in [5.74, 6) is 0.176. The predicted molar refractivity (Wildman–Crippen MR) is 97.9 cm³/mol. The van der Waals surface area contributed by atoms with Gasteiger partial charge in [0.25, 0.3) is 0 Å². The molecule has 0 saturated carbocycles. The predicted octanol–water partition coefficient (Wildman–Crippen LogP) is 4.28. The maximum atomic E-state index is 10.9. The Hall–Kier alpha value is -3.41. The summed E-state index contributed by atoms with van der Waals surface area (Å²) in [7, 11) is 0. The van der Waals surface area contributed by atoms with Crippen LogP contribution < -0.4 is 10.6 Å². The Bertz CT molecular complexity index is 908. The third kappa shape index (κ3) is 4.32. The topological polar surface area (TPSA) is 87.1 Å². The molecule has 126 valence electrons. The average Bonchev–Trinajstić information content (AvgIpc) is 2.54. The number of nitrogens with zero attached hydrogens (tertiary/aromatic N) is 2. The summed E-state index contributed by atoms with van der Waals surface area (Å²) in [6.07, 6.45) is 0. The van der Waals surface area contributed by atoms with Gasteiger partial charge in [0.2, 0.25) is 5.95 Å². The Morgan fingerprint density at radius 3 is 2.36 bits per heavy atom. The van der Waals surface area contributed by atoms with Gasteiger partial charge < -0.3 is 15.7 Å². The fourth-order valence-electron chi connectivity index (χ4n) is 2.38. The van der Waals surface area contributed by atoms with E-state index in [9.17, 15) is 4.79 Å². The number of hydrogen-bond acceptors (Lipinski definition) is 5. The van der Waals surface area contributed by atoms with Gasteiger partial charge in [0, 0.05) is 23.1 Å². The Morgan fingerprint density at radius 2 is 1.68 bits per heavy atom. The molecule has 0 aliphatic rings. The van der Waals surface area contributed by atoms with Crippen molar-refractivity contribution in [3.8, 4) is 0 Å². The molecular formula is C19H18N4O2. The van der Waals surface area contributed by atoms with Crippen molar-refractivity contribution in [2.45, 2.75) is 13.8 Å². The summed E-state index contributed by atoms with van der Waals surface area (Å²) >= 11 is 0. The highest BCUT2D eigenvalue weighted by Crippen LogP contribution is 2.20. The molecule has 0 unspecified atom stereocenters. The summed E-state index contributed by atoms with van der Waals surface area (Å²) in [5.41, 5.74) is 3.88. The van der Waals surface area contributed by atoms with Gasteiger partial charge >= 0.3 is 5.97 Å². The van der Waals surface area contributed by atoms with Crippen LogP contribution in [0.5, 0.6) is 0 Å². The molecule has 0 aliphatic heterocycles. The fourth-order valence-corrected chi connectivity index (χ4v) is 2.38. The number of carboxylic acid groups (broad SMARTS) is 1. The van der Waals surface area contributed by atoms with Gasteiger partial charge in [0.05, 0.1) is 5.56 Å². The second-order valence-electron chi connectivity index (χ2n) is 5.72. The number of aromatic carboxylic acids is 1. The summed E-state index contributed by atoms with van der Waals surface area (Å²) < 4.78 is 0. The number of hydrogen-bond donors (Lipinski definition) is 3. The molecule has 1 heterocycles. The lowest BCUT2D eigenvalue weighted by atomic mass is 10.2. The van der Waals surface area contributed by atoms with E-state index in [1.165, 1.54) is 0 Å². The summed E-state index contributed by atoms with van der Waals surface area (Å²) in [6.45, 7) is 3.91. The van der Waals surface area contributed by atoms with E-state index in [-0.39, 0.29) is 5.56 Å². The quantitative estimate of drug-likeness (QED) is 0.645. The molecule has 2 aromatic carbocycles. The molecule has 6 nitrogen and oxygen atoms in total. The first-order valence-corrected chi connectivity index (χ1v) is 7.79. The lowest BCUT2D eigenvalue weighted by Gasteiger charge is -2.10. The second-order valence-corrected chi connectivity index (χ2v) is 5.72. The van der Waals surface area contributed by atoms with Crippen LogP contribution in [-0.2, 0) is 0 Å². The van der Waals surface area contributed by atoms with Crippen LogP contribution in [0.3, 0.4) is 0 Å². The standard InChI is InChI=1S/C19H18N4O2/c1-12-4-3-5-16(10-12)22-19-20-13(2)11-17(23-19)21-15-8-6-14(7-9-15)18(24)25/h3-11H,1-2H3,(H,24,25)(H2,20,21,22,23). The van der Waals surface area contributed by atoms with Crippen molar-refractivity contribution >= 4 is 29.1 Å². The Kier molecular flexibility index (Phi) is 4.61. The first-order chi connectivity index (χ1) is 12.0. The van der Waals surface area contributed by atoms with Crippen LogP contribution in [0, 0.1) is 13.8 Å². The third-order valence-electron chi connectivity index (χ3n) is 3.53. The number of carbonyl (C=O) groups is 1. The number of rotatable bonds is 5. The van der Waals surface area contributed by atoms with Crippen LogP contribution in [0.25, 0.3) is 0 Å². The molecule has 3 rings (SSSR count). The van der Waals surface area contributed by atoms with Gasteiger partial charge in [-0.25, -0.2) is 9.78 Å². The number of benzene rings is 2. The molecule has 0 spiro atoms. The van der Waals surface area contributed by atoms with Gasteiger partial charge in [-0.1, -0.05) is 12.1 Å². The highest BCUT2D eigenvalue weighted by Gasteiger charge is 2.05. The van der Waals surface area contributed by atoms with Crippen LogP contribution in [0.2, 0.25) is 0 Å². The molecule has 0 aliphatic carbocycles. The minimum Gasteiger partial charge on any atom is -0.478 e. The molecule has 25 heavy (non-hydrogen) atoms. The lowest BCUT2D eigenvalue weighted by Crippen LogP contribution is -2.03. The number of anilines is 4. The van der Waals surface area contributed by atoms with E-state index in [0.29, 0.717) is 11.8 Å². The maximum Gasteiger partial charge on any atom is 0.335 e. The van der Waals surface area contributed by atoms with Crippen molar-refractivity contribution in [2.75, 3.05) is 10.6 Å². The molecule has 0 radical (unpaired) electrons. The van der Waals surface area contributed by atoms with Crippen molar-refractivity contribution < 1.29 is 9.90 Å². The largest absolute Gasteiger partial charge is 0.478 e. The summed E-state index contributed by atoms with van der Waals surface area (Å²) in [5, 5.41) is 15.3. The number of aromatic nitrogens is 2. The van der Waals surface area contributed by atoms with Crippen LogP contribution >= 0.6 is 0 Å². The Morgan fingerprint density at radius 1 is 0.920 bits per heavy atom. The van der Waals surface area contributed by atoms with Crippen molar-refractivity contribution in [3.05, 3.63) is 71.4 Å². The van der Waals surface area contributed by atoms with Gasteiger partial charge in [-0.3, -0.25) is 0 Å². The third-order valence-corrected chi connectivity index (χ3v) is 3.53. The SMILES string of the molecule is Cc1cccc(Nc2nc(C)cc(Nc3ccc(C(=O)O)cc3)n2)c1. The molecule has 0 bridgehead atoms. The van der Waals surface area contributed by atoms with E-state index >= 15 is 0 Å². The summed E-state index contributed by atoms with van der Waals surface area (Å²) in [4.78, 5) is 19.8. The van der Waals surface area contributed by atoms with Crippen LogP contribution in [0.1, 0.15) is 21.6 Å². The first kappa shape index (κ1) is 16.4. The van der Waals surface area contributed by atoms with E-state index in [2.05, 4.69) is 20.6 Å². The van der Waals surface area contributed by atoms with E-state index < -0.39 is 5.97 Å². The van der Waals surface area contributed by atoms with Gasteiger partial charge in [0.15, 0.2) is 0 Å². The minimum absolute atomic E-state index is 0.242. The normalized spacial score (nSPS) is 10.3. The van der Waals surface area contributed by atoms with Gasteiger partial charge in [-0.05, 0) is 55.8 Å². The molecule has 0 saturated heterocycles. The van der Waals surface area contributed by atoms with Crippen LogP contribution in [0.15, 0.2) is 54.6 Å². The molecule has 3 aromatic rings. The molecule has 0 fully saturated rings. The molecule has 1 aromatic heterocycles. The van der Waals surface area contributed by atoms with E-state index in [0.717, 1.165) is 22.6 Å². The fraction of sp³-hybridized carbons (Fsp3) is 0.105. The van der Waals surface area contributed by atoms with Gasteiger partial charge in [-0.2, -0.15) is 4.98 Å². The number of carboxylic acids is 1. The van der Waals surface area contributed by atoms with Crippen molar-refractivity contribution in [2.24, 2.45) is 0 Å². The van der Waals surface area contributed by atoms with Gasteiger partial charge in [0.1, 0.15) is 5.82 Å². The van der Waals surface area contributed by atoms with Crippen LogP contribution in [-0.4, -0.2) is 21.0 Å². The van der Waals surface area contributed by atoms with Crippen LogP contribution in [0.4, 0.5) is 23.1 Å². The molecular weight excluding hydrogens is 316 g/mol. The molecule has 0 amide bonds. The zero-order valence-corrected chi connectivity index (χ0v) is 13.9. The van der Waals surface area contributed by atoms with E-state index in [4.69, 9.17) is 5.11 Å². The van der Waals surface area contributed by atoms with E-state index in [1.54, 1.807) is 24.3 Å². The smallest absolute Gasteiger partial charge is 0.335 e. The highest BCUT2D eigenvalue weighted by atomic mass is 16.4. The number of nitrogens with one attached hydrogen (secondary N) is 2. The number of aryl methyl sites for hydroxylation is 2. The first-order valence-electron chi connectivity index (χ1n) is 7.79. The zero-order chi connectivity index (χ0) is 17.8. The second kappa shape index (κ2) is 7.00. The molecule has 3 N–H and O–H groups in total.